The van der Waals surface area contributed by atoms with E-state index in [1.807, 2.05) is 0 Å². The number of fused-ring (bicyclic) bond motifs is 5. The molecule has 0 heterocycles. The summed E-state index contributed by atoms with van der Waals surface area (Å²) in [6, 6.07) is 0. The molecule has 0 aromatic carbocycles. The highest BCUT2D eigenvalue weighted by Gasteiger charge is 2.69. The van der Waals surface area contributed by atoms with Crippen LogP contribution in [0, 0.1) is 28.6 Å². The number of ketones is 1. The Hall–Kier alpha value is -0.490. The Bertz CT molecular complexity index is 593. The molecule has 0 aliphatic heterocycles. The Labute approximate surface area is 156 Å². The Morgan fingerprint density at radius 2 is 1.81 bits per heavy atom. The van der Waals surface area contributed by atoms with Gasteiger partial charge in [0.25, 0.3) is 0 Å². The van der Waals surface area contributed by atoms with E-state index in [-0.39, 0.29) is 23.0 Å². The van der Waals surface area contributed by atoms with Gasteiger partial charge in [-0.25, -0.2) is 0 Å². The third kappa shape index (κ3) is 2.20. The summed E-state index contributed by atoms with van der Waals surface area (Å²) >= 11 is 0. The molecule has 4 aliphatic rings. The van der Waals surface area contributed by atoms with Crippen molar-refractivity contribution in [1.29, 1.82) is 0 Å². The fraction of sp³-hybridized carbons (Fsp3) is 0.952. The molecule has 0 saturated heterocycles. The maximum absolute atomic E-state index is 12.6. The smallest absolute Gasteiger partial charge is 0.139 e. The molecule has 9 atom stereocenters. The number of Topliss-reactive ketones (excluding diaryl/α,β-unsaturated/α-hetero) is 1. The van der Waals surface area contributed by atoms with Crippen molar-refractivity contribution in [3.63, 3.8) is 0 Å². The van der Waals surface area contributed by atoms with Crippen molar-refractivity contribution in [2.75, 3.05) is 14.2 Å². The number of aliphatic hydroxyl groups excluding tert-OH is 1. The van der Waals surface area contributed by atoms with Crippen molar-refractivity contribution in [1.82, 2.24) is 0 Å². The van der Waals surface area contributed by atoms with Gasteiger partial charge in [-0.05, 0) is 49.9 Å². The van der Waals surface area contributed by atoms with Gasteiger partial charge in [0, 0.05) is 37.9 Å². The molecule has 148 valence electrons. The SMILES string of the molecule is CO[C@H]1C[C@]2(C)[C@H]3CC[C@]4(C)C(=O)CC[C@H]4[C@@H]3C[C@@H](OC)[C@@]2(O)C[C@@H]1O. The van der Waals surface area contributed by atoms with E-state index < -0.39 is 11.7 Å². The summed E-state index contributed by atoms with van der Waals surface area (Å²) in [4.78, 5) is 12.6. The normalized spacial score (nSPS) is 56.6. The highest BCUT2D eigenvalue weighted by molar-refractivity contribution is 5.87. The fourth-order valence-electron chi connectivity index (χ4n) is 7.54. The van der Waals surface area contributed by atoms with Crippen LogP contribution in [0.4, 0.5) is 0 Å². The van der Waals surface area contributed by atoms with E-state index in [1.165, 1.54) is 0 Å². The highest BCUT2D eigenvalue weighted by Crippen LogP contribution is 2.67. The molecular formula is C21H34O5. The Kier molecular flexibility index (Phi) is 4.35. The lowest BCUT2D eigenvalue weighted by molar-refractivity contribution is -0.284. The maximum atomic E-state index is 12.6. The number of carbonyl (C=O) groups is 1. The first-order valence-electron chi connectivity index (χ1n) is 10.2. The van der Waals surface area contributed by atoms with E-state index in [4.69, 9.17) is 9.47 Å². The van der Waals surface area contributed by atoms with Gasteiger partial charge in [-0.15, -0.1) is 0 Å². The van der Waals surface area contributed by atoms with E-state index in [1.54, 1.807) is 14.2 Å². The zero-order valence-electron chi connectivity index (χ0n) is 16.5. The first-order valence-corrected chi connectivity index (χ1v) is 10.2. The van der Waals surface area contributed by atoms with Gasteiger partial charge in [0.1, 0.15) is 5.78 Å². The highest BCUT2D eigenvalue weighted by atomic mass is 16.5. The Morgan fingerprint density at radius 3 is 2.46 bits per heavy atom. The number of hydrogen-bond acceptors (Lipinski definition) is 5. The first-order chi connectivity index (χ1) is 12.2. The molecule has 0 aromatic heterocycles. The van der Waals surface area contributed by atoms with Crippen LogP contribution in [0.2, 0.25) is 0 Å². The first kappa shape index (κ1) is 18.9. The van der Waals surface area contributed by atoms with E-state index in [0.29, 0.717) is 42.8 Å². The van der Waals surface area contributed by atoms with Gasteiger partial charge < -0.3 is 19.7 Å². The second-order valence-electron chi connectivity index (χ2n) is 9.85. The zero-order valence-corrected chi connectivity index (χ0v) is 16.5. The average molecular weight is 366 g/mol. The number of hydrogen-bond donors (Lipinski definition) is 2. The monoisotopic (exact) mass is 366 g/mol. The molecule has 0 amide bonds. The summed E-state index contributed by atoms with van der Waals surface area (Å²) in [7, 11) is 3.31. The van der Waals surface area contributed by atoms with Crippen molar-refractivity contribution in [3.8, 4) is 0 Å². The van der Waals surface area contributed by atoms with Crippen LogP contribution in [-0.2, 0) is 14.3 Å². The molecule has 0 radical (unpaired) electrons. The van der Waals surface area contributed by atoms with Crippen LogP contribution < -0.4 is 0 Å². The molecule has 26 heavy (non-hydrogen) atoms. The molecule has 0 spiro atoms. The number of carbonyl (C=O) groups excluding carboxylic acids is 1. The lowest BCUT2D eigenvalue weighted by atomic mass is 9.42. The van der Waals surface area contributed by atoms with Crippen LogP contribution in [0.25, 0.3) is 0 Å². The van der Waals surface area contributed by atoms with Crippen molar-refractivity contribution in [2.45, 2.75) is 82.7 Å². The summed E-state index contributed by atoms with van der Waals surface area (Å²) in [5.41, 5.74) is -1.61. The molecule has 2 N–H and O–H groups in total. The molecule has 0 unspecified atom stereocenters. The molecule has 4 fully saturated rings. The van der Waals surface area contributed by atoms with Gasteiger partial charge >= 0.3 is 0 Å². The quantitative estimate of drug-likeness (QED) is 0.784. The van der Waals surface area contributed by atoms with E-state index in [9.17, 15) is 15.0 Å². The number of ether oxygens (including phenoxy) is 2. The third-order valence-electron chi connectivity index (χ3n) is 9.13. The van der Waals surface area contributed by atoms with E-state index in [0.717, 1.165) is 25.7 Å². The summed E-state index contributed by atoms with van der Waals surface area (Å²) in [5, 5.41) is 22.3. The van der Waals surface area contributed by atoms with Crippen LogP contribution in [0.15, 0.2) is 0 Å². The van der Waals surface area contributed by atoms with Gasteiger partial charge in [0.05, 0.1) is 23.9 Å². The van der Waals surface area contributed by atoms with Gasteiger partial charge in [-0.1, -0.05) is 13.8 Å². The fourth-order valence-corrected chi connectivity index (χ4v) is 7.54. The van der Waals surface area contributed by atoms with Gasteiger partial charge in [-0.3, -0.25) is 4.79 Å². The van der Waals surface area contributed by atoms with Crippen molar-refractivity contribution in [3.05, 3.63) is 0 Å². The molecular weight excluding hydrogens is 332 g/mol. The van der Waals surface area contributed by atoms with Crippen LogP contribution in [0.1, 0.15) is 58.8 Å². The third-order valence-corrected chi connectivity index (χ3v) is 9.13. The van der Waals surface area contributed by atoms with Crippen LogP contribution >= 0.6 is 0 Å². The summed E-state index contributed by atoms with van der Waals surface area (Å²) in [6.45, 7) is 4.34. The van der Waals surface area contributed by atoms with Gasteiger partial charge in [0.2, 0.25) is 0 Å². The predicted molar refractivity (Wildman–Crippen MR) is 96.6 cm³/mol. The maximum Gasteiger partial charge on any atom is 0.139 e. The van der Waals surface area contributed by atoms with Crippen molar-refractivity contribution >= 4 is 5.78 Å². The molecule has 5 heteroatoms. The average Bonchev–Trinajstić information content (AvgIpc) is 2.90. The standard InChI is InChI=1S/C21H34O5/c1-19-8-7-14-12(13(19)5-6-17(19)23)9-18(26-4)21(24)10-15(22)16(25-3)11-20(14,21)2/h12-16,18,22,24H,5-11H2,1-4H3/t12-,13-,14-,15-,16-,18+,19-,20+,21-/m0/s1. The minimum absolute atomic E-state index is 0.194. The number of aliphatic hydroxyl groups is 2. The lowest BCUT2D eigenvalue weighted by Gasteiger charge is -2.66. The summed E-state index contributed by atoms with van der Waals surface area (Å²) in [5.74, 6) is 1.55. The topological polar surface area (TPSA) is 76.0 Å². The molecule has 0 bridgehead atoms. The van der Waals surface area contributed by atoms with Crippen LogP contribution in [0.5, 0.6) is 0 Å². The summed E-state index contributed by atoms with van der Waals surface area (Å²) in [6.07, 6.45) is 4.03. The van der Waals surface area contributed by atoms with Crippen molar-refractivity contribution < 1.29 is 24.5 Å². The molecule has 0 aromatic rings. The van der Waals surface area contributed by atoms with E-state index >= 15 is 0 Å². The lowest BCUT2D eigenvalue weighted by Crippen LogP contribution is -2.71. The Balaban J connectivity index is 1.75. The largest absolute Gasteiger partial charge is 0.390 e. The van der Waals surface area contributed by atoms with Crippen LogP contribution in [0.3, 0.4) is 0 Å². The van der Waals surface area contributed by atoms with Gasteiger partial charge in [0.15, 0.2) is 0 Å². The second kappa shape index (κ2) is 6.00. The molecule has 4 saturated carbocycles. The van der Waals surface area contributed by atoms with Crippen molar-refractivity contribution in [2.24, 2.45) is 28.6 Å². The number of rotatable bonds is 2. The minimum Gasteiger partial charge on any atom is -0.390 e. The Morgan fingerprint density at radius 1 is 1.08 bits per heavy atom. The van der Waals surface area contributed by atoms with Crippen LogP contribution in [-0.4, -0.2) is 54.1 Å². The molecule has 4 rings (SSSR count). The minimum atomic E-state index is -1.05. The van der Waals surface area contributed by atoms with E-state index in [2.05, 4.69) is 13.8 Å². The number of methoxy groups -OCH3 is 2. The van der Waals surface area contributed by atoms with Gasteiger partial charge in [-0.2, -0.15) is 0 Å². The summed E-state index contributed by atoms with van der Waals surface area (Å²) < 4.78 is 11.4. The molecule has 5 nitrogen and oxygen atoms in total. The predicted octanol–water partition coefficient (Wildman–Crippen LogP) is 2.32. The zero-order chi connectivity index (χ0) is 18.9. The second-order valence-corrected chi connectivity index (χ2v) is 9.85. The molecule has 4 aliphatic carbocycles.